The van der Waals surface area contributed by atoms with Crippen LogP contribution in [0.3, 0.4) is 0 Å². The molecule has 20 heavy (non-hydrogen) atoms. The maximum atomic E-state index is 11.8. The van der Waals surface area contributed by atoms with Gasteiger partial charge < -0.3 is 15.6 Å². The van der Waals surface area contributed by atoms with Crippen molar-refractivity contribution in [2.24, 2.45) is 5.73 Å². The molecule has 1 aromatic rings. The molecule has 0 radical (unpaired) electrons. The molecule has 1 heterocycles. The summed E-state index contributed by atoms with van der Waals surface area (Å²) in [7, 11) is 0. The molecule has 7 nitrogen and oxygen atoms in total. The Kier molecular flexibility index (Phi) is 5.89. The zero-order chi connectivity index (χ0) is 15.2. The first kappa shape index (κ1) is 16.4. The van der Waals surface area contributed by atoms with E-state index in [9.17, 15) is 18.0 Å². The van der Waals surface area contributed by atoms with Gasteiger partial charge in [-0.1, -0.05) is 5.21 Å². The van der Waals surface area contributed by atoms with Crippen molar-refractivity contribution in [1.29, 1.82) is 0 Å². The number of rotatable bonds is 8. The third-order valence-corrected chi connectivity index (χ3v) is 2.27. The SMILES string of the molecule is NC(Cc1cn(CCCOCC(F)(F)F)nn1)C(=O)O. The van der Waals surface area contributed by atoms with E-state index in [4.69, 9.17) is 10.8 Å². The lowest BCUT2D eigenvalue weighted by Crippen LogP contribution is -2.32. The zero-order valence-corrected chi connectivity index (χ0v) is 10.5. The first-order valence-corrected chi connectivity index (χ1v) is 5.80. The normalized spacial score (nSPS) is 13.4. The van der Waals surface area contributed by atoms with Crippen LogP contribution in [0.1, 0.15) is 12.1 Å². The molecule has 0 bridgehead atoms. The van der Waals surface area contributed by atoms with Gasteiger partial charge in [-0.15, -0.1) is 5.10 Å². The maximum absolute atomic E-state index is 11.8. The van der Waals surface area contributed by atoms with Crippen LogP contribution in [0.2, 0.25) is 0 Å². The Morgan fingerprint density at radius 1 is 1.55 bits per heavy atom. The number of hydrogen-bond donors (Lipinski definition) is 2. The van der Waals surface area contributed by atoms with Crippen molar-refractivity contribution in [3.8, 4) is 0 Å². The highest BCUT2D eigenvalue weighted by molar-refractivity contribution is 5.73. The topological polar surface area (TPSA) is 103 Å². The molecule has 1 rings (SSSR count). The molecule has 114 valence electrons. The van der Waals surface area contributed by atoms with Crippen LogP contribution in [-0.2, 0) is 22.5 Å². The summed E-state index contributed by atoms with van der Waals surface area (Å²) in [6.45, 7) is -1.00. The fourth-order valence-corrected chi connectivity index (χ4v) is 1.37. The van der Waals surface area contributed by atoms with Gasteiger partial charge in [-0.3, -0.25) is 9.48 Å². The van der Waals surface area contributed by atoms with Crippen molar-refractivity contribution < 1.29 is 27.8 Å². The molecule has 1 unspecified atom stereocenters. The number of aryl methyl sites for hydroxylation is 1. The van der Waals surface area contributed by atoms with Crippen LogP contribution in [0.15, 0.2) is 6.20 Å². The number of alkyl halides is 3. The monoisotopic (exact) mass is 296 g/mol. The molecule has 0 amide bonds. The minimum absolute atomic E-state index is 0.0416. The quantitative estimate of drug-likeness (QED) is 0.664. The van der Waals surface area contributed by atoms with E-state index in [0.717, 1.165) is 0 Å². The first-order valence-electron chi connectivity index (χ1n) is 5.80. The first-order chi connectivity index (χ1) is 9.28. The van der Waals surface area contributed by atoms with Gasteiger partial charge in [0.1, 0.15) is 12.6 Å². The second kappa shape index (κ2) is 7.20. The lowest BCUT2D eigenvalue weighted by molar-refractivity contribution is -0.174. The number of aliphatic carboxylic acids is 1. The largest absolute Gasteiger partial charge is 0.480 e. The second-order valence-electron chi connectivity index (χ2n) is 4.14. The van der Waals surface area contributed by atoms with Crippen molar-refractivity contribution in [2.75, 3.05) is 13.2 Å². The van der Waals surface area contributed by atoms with E-state index in [0.29, 0.717) is 18.7 Å². The van der Waals surface area contributed by atoms with E-state index < -0.39 is 24.8 Å². The summed E-state index contributed by atoms with van der Waals surface area (Å²) in [6.07, 6.45) is -2.44. The summed E-state index contributed by atoms with van der Waals surface area (Å²) in [5, 5.41) is 16.1. The average molecular weight is 296 g/mol. The highest BCUT2D eigenvalue weighted by Crippen LogP contribution is 2.14. The standard InChI is InChI=1S/C10H15F3N4O3/c11-10(12,13)6-20-3-1-2-17-5-7(15-16-17)4-8(14)9(18)19/h5,8H,1-4,6,14H2,(H,18,19). The molecule has 3 N–H and O–H groups in total. The minimum atomic E-state index is -4.33. The summed E-state index contributed by atoms with van der Waals surface area (Å²) in [5.41, 5.74) is 5.75. The van der Waals surface area contributed by atoms with Gasteiger partial charge in [0.15, 0.2) is 0 Å². The predicted octanol–water partition coefficient (Wildman–Crippen LogP) is 0.201. The predicted molar refractivity (Wildman–Crippen MR) is 60.8 cm³/mol. The maximum Gasteiger partial charge on any atom is 0.411 e. The number of carboxylic acid groups (broad SMARTS) is 1. The summed E-state index contributed by atoms with van der Waals surface area (Å²) < 4.78 is 41.2. The Hall–Kier alpha value is -1.68. The fourth-order valence-electron chi connectivity index (χ4n) is 1.37. The molecule has 0 saturated carbocycles. The van der Waals surface area contributed by atoms with E-state index >= 15 is 0 Å². The van der Waals surface area contributed by atoms with Gasteiger partial charge in [-0.2, -0.15) is 13.2 Å². The van der Waals surface area contributed by atoms with Crippen LogP contribution < -0.4 is 5.73 Å². The summed E-state index contributed by atoms with van der Waals surface area (Å²) in [4.78, 5) is 10.5. The Morgan fingerprint density at radius 3 is 2.85 bits per heavy atom. The molecular weight excluding hydrogens is 281 g/mol. The number of carboxylic acids is 1. The molecule has 0 aromatic carbocycles. The van der Waals surface area contributed by atoms with E-state index in [1.807, 2.05) is 0 Å². The third-order valence-electron chi connectivity index (χ3n) is 2.27. The number of nitrogens with two attached hydrogens (primary N) is 1. The van der Waals surface area contributed by atoms with Gasteiger partial charge in [0.05, 0.1) is 5.69 Å². The van der Waals surface area contributed by atoms with Crippen LogP contribution in [0.25, 0.3) is 0 Å². The van der Waals surface area contributed by atoms with E-state index in [-0.39, 0.29) is 13.0 Å². The third kappa shape index (κ3) is 6.48. The van der Waals surface area contributed by atoms with Crippen LogP contribution in [0, 0.1) is 0 Å². The van der Waals surface area contributed by atoms with Gasteiger partial charge in [-0.05, 0) is 6.42 Å². The van der Waals surface area contributed by atoms with Crippen molar-refractivity contribution in [1.82, 2.24) is 15.0 Å². The highest BCUT2D eigenvalue weighted by atomic mass is 19.4. The number of nitrogens with zero attached hydrogens (tertiary/aromatic N) is 3. The molecule has 1 aromatic heterocycles. The van der Waals surface area contributed by atoms with Gasteiger partial charge in [0, 0.05) is 25.8 Å². The summed E-state index contributed by atoms with van der Waals surface area (Å²) in [6, 6.07) is -1.06. The molecule has 0 aliphatic carbocycles. The summed E-state index contributed by atoms with van der Waals surface area (Å²) >= 11 is 0. The molecule has 0 saturated heterocycles. The highest BCUT2D eigenvalue weighted by Gasteiger charge is 2.27. The molecular formula is C10H15F3N4O3. The smallest absolute Gasteiger partial charge is 0.411 e. The zero-order valence-electron chi connectivity index (χ0n) is 10.5. The lowest BCUT2D eigenvalue weighted by atomic mass is 10.2. The Balaban J connectivity index is 2.25. The van der Waals surface area contributed by atoms with Crippen molar-refractivity contribution >= 4 is 5.97 Å². The van der Waals surface area contributed by atoms with Gasteiger partial charge in [0.2, 0.25) is 0 Å². The molecule has 0 fully saturated rings. The van der Waals surface area contributed by atoms with Gasteiger partial charge in [0.25, 0.3) is 0 Å². The van der Waals surface area contributed by atoms with E-state index in [1.54, 1.807) is 0 Å². The minimum Gasteiger partial charge on any atom is -0.480 e. The van der Waals surface area contributed by atoms with E-state index in [2.05, 4.69) is 15.0 Å². The van der Waals surface area contributed by atoms with Gasteiger partial charge >= 0.3 is 12.1 Å². The molecule has 10 heteroatoms. The number of carbonyl (C=O) groups is 1. The van der Waals surface area contributed by atoms with Crippen molar-refractivity contribution in [2.45, 2.75) is 31.6 Å². The van der Waals surface area contributed by atoms with Crippen molar-refractivity contribution in [3.63, 3.8) is 0 Å². The Bertz CT molecular complexity index is 436. The number of hydrogen-bond acceptors (Lipinski definition) is 5. The van der Waals surface area contributed by atoms with Gasteiger partial charge in [-0.25, -0.2) is 0 Å². The molecule has 0 aliphatic rings. The molecule has 0 aliphatic heterocycles. The van der Waals surface area contributed by atoms with Crippen molar-refractivity contribution in [3.05, 3.63) is 11.9 Å². The van der Waals surface area contributed by atoms with Crippen LogP contribution in [-0.4, -0.2) is 51.5 Å². The number of aromatic nitrogens is 3. The summed E-state index contributed by atoms with van der Waals surface area (Å²) in [5.74, 6) is -1.14. The van der Waals surface area contributed by atoms with E-state index in [1.165, 1.54) is 10.9 Å². The van der Waals surface area contributed by atoms with Crippen LogP contribution >= 0.6 is 0 Å². The Morgan fingerprint density at radius 2 is 2.25 bits per heavy atom. The molecule has 0 spiro atoms. The molecule has 1 atom stereocenters. The fraction of sp³-hybridized carbons (Fsp3) is 0.700. The number of halogens is 3. The lowest BCUT2D eigenvalue weighted by Gasteiger charge is -2.07. The average Bonchev–Trinajstić information content (AvgIpc) is 2.74. The number of ether oxygens (including phenoxy) is 1. The Labute approximate surface area is 112 Å². The van der Waals surface area contributed by atoms with Crippen LogP contribution in [0.5, 0.6) is 0 Å². The van der Waals surface area contributed by atoms with Crippen LogP contribution in [0.4, 0.5) is 13.2 Å². The second-order valence-corrected chi connectivity index (χ2v) is 4.14.